The maximum Gasteiger partial charge on any atom is 0.193 e. The third-order valence-corrected chi connectivity index (χ3v) is 5.43. The van der Waals surface area contributed by atoms with Crippen molar-refractivity contribution in [1.29, 1.82) is 0 Å². The molecule has 3 rings (SSSR count). The van der Waals surface area contributed by atoms with Gasteiger partial charge in [0.05, 0.1) is 14.2 Å². The molecule has 1 N–H and O–H groups in total. The Kier molecular flexibility index (Phi) is 5.71. The minimum absolute atomic E-state index is 0.740. The lowest BCUT2D eigenvalue weighted by Gasteiger charge is -2.25. The van der Waals surface area contributed by atoms with E-state index < -0.39 is 0 Å². The van der Waals surface area contributed by atoms with Gasteiger partial charge in [0.25, 0.3) is 0 Å². The highest BCUT2D eigenvalue weighted by atomic mass is 16.5. The molecular weight excluding hydrogens is 314 g/mol. The van der Waals surface area contributed by atoms with Gasteiger partial charge in [-0.3, -0.25) is 4.99 Å². The van der Waals surface area contributed by atoms with Crippen molar-refractivity contribution in [3.05, 3.63) is 23.8 Å². The molecular formula is C20H31N3O2. The first-order chi connectivity index (χ1) is 12.2. The zero-order chi connectivity index (χ0) is 17.8. The van der Waals surface area contributed by atoms with Crippen LogP contribution in [-0.2, 0) is 6.54 Å². The fourth-order valence-electron chi connectivity index (χ4n) is 3.67. The summed E-state index contributed by atoms with van der Waals surface area (Å²) in [7, 11) is 7.29. The largest absolute Gasteiger partial charge is 0.497 e. The second-order valence-electron chi connectivity index (χ2n) is 7.30. The van der Waals surface area contributed by atoms with E-state index in [0.717, 1.165) is 53.9 Å². The predicted molar refractivity (Wildman–Crippen MR) is 101 cm³/mol. The number of aliphatic imine (C=N–C) groups is 1. The van der Waals surface area contributed by atoms with Gasteiger partial charge in [0.15, 0.2) is 5.96 Å². The van der Waals surface area contributed by atoms with E-state index in [1.165, 1.54) is 25.7 Å². The van der Waals surface area contributed by atoms with Crippen LogP contribution < -0.4 is 14.8 Å². The maximum absolute atomic E-state index is 5.51. The SMILES string of the molecule is CN=C(NCC(C1CC1)C1CC1)N(C)Cc1ccc(OC)cc1OC. The van der Waals surface area contributed by atoms with Crippen LogP contribution in [0.2, 0.25) is 0 Å². The Balaban J connectivity index is 1.59. The van der Waals surface area contributed by atoms with Gasteiger partial charge in [-0.05, 0) is 55.6 Å². The third-order valence-electron chi connectivity index (χ3n) is 5.43. The molecule has 1 aromatic carbocycles. The lowest BCUT2D eigenvalue weighted by molar-refractivity contribution is 0.375. The smallest absolute Gasteiger partial charge is 0.193 e. The fraction of sp³-hybridized carbons (Fsp3) is 0.650. The van der Waals surface area contributed by atoms with Crippen molar-refractivity contribution in [1.82, 2.24) is 10.2 Å². The van der Waals surface area contributed by atoms with Crippen LogP contribution in [0.15, 0.2) is 23.2 Å². The first-order valence-corrected chi connectivity index (χ1v) is 9.29. The summed E-state index contributed by atoms with van der Waals surface area (Å²) in [6.45, 7) is 1.79. The van der Waals surface area contributed by atoms with Crippen LogP contribution in [0.1, 0.15) is 31.2 Å². The van der Waals surface area contributed by atoms with Crippen LogP contribution in [0.4, 0.5) is 0 Å². The predicted octanol–water partition coefficient (Wildman–Crippen LogP) is 3.15. The van der Waals surface area contributed by atoms with Crippen molar-refractivity contribution < 1.29 is 9.47 Å². The number of hydrogen-bond donors (Lipinski definition) is 1. The van der Waals surface area contributed by atoms with Crippen LogP contribution >= 0.6 is 0 Å². The lowest BCUT2D eigenvalue weighted by atomic mass is 9.98. The Hall–Kier alpha value is -1.91. The van der Waals surface area contributed by atoms with Gasteiger partial charge in [-0.2, -0.15) is 0 Å². The van der Waals surface area contributed by atoms with E-state index in [1.807, 2.05) is 19.2 Å². The zero-order valence-electron chi connectivity index (χ0n) is 15.9. The number of guanidine groups is 1. The van der Waals surface area contributed by atoms with Gasteiger partial charge in [-0.15, -0.1) is 0 Å². The van der Waals surface area contributed by atoms with Crippen molar-refractivity contribution in [2.45, 2.75) is 32.2 Å². The van der Waals surface area contributed by atoms with E-state index in [2.05, 4.69) is 28.3 Å². The highest BCUT2D eigenvalue weighted by Gasteiger charge is 2.41. The van der Waals surface area contributed by atoms with Crippen molar-refractivity contribution in [2.75, 3.05) is 34.9 Å². The molecule has 0 atom stereocenters. The molecule has 5 nitrogen and oxygen atoms in total. The zero-order valence-corrected chi connectivity index (χ0v) is 15.9. The van der Waals surface area contributed by atoms with E-state index in [0.29, 0.717) is 0 Å². The average Bonchev–Trinajstić information content (AvgIpc) is 3.52. The highest BCUT2D eigenvalue weighted by molar-refractivity contribution is 5.79. The highest BCUT2D eigenvalue weighted by Crippen LogP contribution is 2.48. The average molecular weight is 345 g/mol. The van der Waals surface area contributed by atoms with Crippen molar-refractivity contribution in [3.8, 4) is 11.5 Å². The quantitative estimate of drug-likeness (QED) is 0.581. The minimum Gasteiger partial charge on any atom is -0.497 e. The van der Waals surface area contributed by atoms with Crippen LogP contribution in [0.5, 0.6) is 11.5 Å². The Labute approximate surface area is 151 Å². The van der Waals surface area contributed by atoms with Crippen molar-refractivity contribution >= 4 is 5.96 Å². The number of hydrogen-bond acceptors (Lipinski definition) is 3. The topological polar surface area (TPSA) is 46.1 Å². The van der Waals surface area contributed by atoms with Crippen LogP contribution in [0.3, 0.4) is 0 Å². The molecule has 2 fully saturated rings. The number of rotatable bonds is 8. The molecule has 2 saturated carbocycles. The van der Waals surface area contributed by atoms with Gasteiger partial charge in [-0.1, -0.05) is 0 Å². The molecule has 2 aliphatic carbocycles. The number of methoxy groups -OCH3 is 2. The van der Waals surface area contributed by atoms with E-state index in [9.17, 15) is 0 Å². The second-order valence-corrected chi connectivity index (χ2v) is 7.30. The molecule has 1 aromatic rings. The van der Waals surface area contributed by atoms with Gasteiger partial charge in [0, 0.05) is 38.8 Å². The fourth-order valence-corrected chi connectivity index (χ4v) is 3.67. The maximum atomic E-state index is 5.51. The molecule has 0 saturated heterocycles. The Morgan fingerprint density at radius 3 is 2.40 bits per heavy atom. The summed E-state index contributed by atoms with van der Waals surface area (Å²) in [6.07, 6.45) is 5.67. The van der Waals surface area contributed by atoms with Crippen LogP contribution in [-0.4, -0.2) is 45.7 Å². The van der Waals surface area contributed by atoms with Gasteiger partial charge in [0.1, 0.15) is 11.5 Å². The molecule has 0 bridgehead atoms. The van der Waals surface area contributed by atoms with Crippen molar-refractivity contribution in [2.24, 2.45) is 22.7 Å². The third kappa shape index (κ3) is 4.59. The molecule has 0 unspecified atom stereocenters. The molecule has 0 radical (unpaired) electrons. The molecule has 0 aromatic heterocycles. The summed E-state index contributed by atoms with van der Waals surface area (Å²) < 4.78 is 10.8. The van der Waals surface area contributed by atoms with Gasteiger partial charge >= 0.3 is 0 Å². The van der Waals surface area contributed by atoms with Gasteiger partial charge < -0.3 is 19.7 Å². The van der Waals surface area contributed by atoms with Crippen LogP contribution in [0, 0.1) is 17.8 Å². The molecule has 0 aliphatic heterocycles. The summed E-state index contributed by atoms with van der Waals surface area (Å²) in [5.41, 5.74) is 1.12. The van der Waals surface area contributed by atoms with Crippen LogP contribution in [0.25, 0.3) is 0 Å². The molecule has 0 heterocycles. The molecule has 25 heavy (non-hydrogen) atoms. The summed E-state index contributed by atoms with van der Waals surface area (Å²) >= 11 is 0. The first kappa shape index (κ1) is 17.9. The number of nitrogens with zero attached hydrogens (tertiary/aromatic N) is 2. The Morgan fingerprint density at radius 1 is 1.20 bits per heavy atom. The van der Waals surface area contributed by atoms with Gasteiger partial charge in [-0.25, -0.2) is 0 Å². The monoisotopic (exact) mass is 345 g/mol. The molecule has 138 valence electrons. The standard InChI is InChI=1S/C20H31N3O2/c1-21-20(22-12-18(14-5-6-14)15-7-8-15)23(2)13-16-9-10-17(24-3)11-19(16)25-4/h9-11,14-15,18H,5-8,12-13H2,1-4H3,(H,21,22). The minimum atomic E-state index is 0.740. The number of nitrogens with one attached hydrogen (secondary N) is 1. The molecule has 0 amide bonds. The van der Waals surface area contributed by atoms with E-state index in [4.69, 9.17) is 9.47 Å². The van der Waals surface area contributed by atoms with E-state index in [1.54, 1.807) is 14.2 Å². The Bertz CT molecular complexity index is 597. The lowest BCUT2D eigenvalue weighted by Crippen LogP contribution is -2.41. The summed E-state index contributed by atoms with van der Waals surface area (Å²) in [4.78, 5) is 6.62. The molecule has 0 spiro atoms. The van der Waals surface area contributed by atoms with Gasteiger partial charge in [0.2, 0.25) is 0 Å². The second kappa shape index (κ2) is 7.98. The summed E-state index contributed by atoms with van der Waals surface area (Å²) in [5.74, 6) is 5.33. The molecule has 5 heteroatoms. The number of benzene rings is 1. The summed E-state index contributed by atoms with van der Waals surface area (Å²) in [5, 5.41) is 3.60. The Morgan fingerprint density at radius 2 is 1.88 bits per heavy atom. The van der Waals surface area contributed by atoms with E-state index in [-0.39, 0.29) is 0 Å². The number of ether oxygens (including phenoxy) is 2. The first-order valence-electron chi connectivity index (χ1n) is 9.29. The normalized spacial score (nSPS) is 17.6. The van der Waals surface area contributed by atoms with E-state index >= 15 is 0 Å². The molecule has 2 aliphatic rings. The van der Waals surface area contributed by atoms with Crippen molar-refractivity contribution in [3.63, 3.8) is 0 Å². The summed E-state index contributed by atoms with van der Waals surface area (Å²) in [6, 6.07) is 5.95.